The van der Waals surface area contributed by atoms with Crippen molar-refractivity contribution in [3.63, 3.8) is 0 Å². The van der Waals surface area contributed by atoms with Crippen molar-refractivity contribution in [3.8, 4) is 0 Å². The fourth-order valence-electron chi connectivity index (χ4n) is 2.42. The zero-order valence-corrected chi connectivity index (χ0v) is 16.8. The molecule has 0 aromatic heterocycles. The molecule has 1 saturated heterocycles. The van der Waals surface area contributed by atoms with Crippen molar-refractivity contribution in [1.82, 2.24) is 5.32 Å². The number of nitrogens with one attached hydrogen (secondary N) is 2. The smallest absolute Gasteiger partial charge is 0.168 e. The van der Waals surface area contributed by atoms with Crippen molar-refractivity contribution in [3.05, 3.63) is 28.2 Å². The highest BCUT2D eigenvalue weighted by molar-refractivity contribution is 7.92. The average molecular weight is 424 g/mol. The Morgan fingerprint density at radius 1 is 1.26 bits per heavy atom. The second-order valence-corrected chi connectivity index (χ2v) is 9.10. The Labute approximate surface area is 160 Å². The summed E-state index contributed by atoms with van der Waals surface area (Å²) in [7, 11) is -3.15. The third-order valence-electron chi connectivity index (χ3n) is 3.71. The summed E-state index contributed by atoms with van der Waals surface area (Å²) in [4.78, 5) is 0. The molecule has 1 aromatic rings. The highest BCUT2D eigenvalue weighted by Gasteiger charge is 2.33. The van der Waals surface area contributed by atoms with Gasteiger partial charge in [-0.3, -0.25) is 0 Å². The van der Waals surface area contributed by atoms with Crippen LogP contribution in [0.25, 0.3) is 0 Å². The van der Waals surface area contributed by atoms with Crippen LogP contribution in [0.3, 0.4) is 0 Å². The second-order valence-electron chi connectivity index (χ2n) is 5.57. The first-order valence-corrected chi connectivity index (χ1v) is 9.35. The van der Waals surface area contributed by atoms with Crippen LogP contribution < -0.4 is 10.6 Å². The van der Waals surface area contributed by atoms with Gasteiger partial charge in [0.1, 0.15) is 5.37 Å². The van der Waals surface area contributed by atoms with E-state index in [4.69, 9.17) is 23.2 Å². The van der Waals surface area contributed by atoms with Gasteiger partial charge < -0.3 is 10.6 Å². The number of rotatable bonds is 4. The van der Waals surface area contributed by atoms with Gasteiger partial charge in [-0.25, -0.2) is 8.42 Å². The van der Waals surface area contributed by atoms with E-state index in [0.29, 0.717) is 23.0 Å². The zero-order chi connectivity index (χ0) is 15.6. The summed E-state index contributed by atoms with van der Waals surface area (Å²) >= 11 is 12.1. The van der Waals surface area contributed by atoms with Crippen LogP contribution in [0.4, 0.5) is 5.69 Å². The first-order valence-electron chi connectivity index (χ1n) is 6.98. The first-order chi connectivity index (χ1) is 9.80. The summed E-state index contributed by atoms with van der Waals surface area (Å²) in [6, 6.07) is 5.28. The van der Waals surface area contributed by atoms with Crippen LogP contribution in [0.15, 0.2) is 18.2 Å². The molecule has 1 aromatic carbocycles. The third kappa shape index (κ3) is 5.83. The summed E-state index contributed by atoms with van der Waals surface area (Å²) in [6.07, 6.45) is 1.36. The standard InChI is InChI=1S/C14H20Cl2N2O2S.2ClH/c1-9(2)21(19,20)14-8-11(5-6-17-14)18-13-7-10(15)3-4-12(13)16;;/h3-4,7,9,11,14,17-18H,5-6,8H2,1-2H3;2*1H. The lowest BCUT2D eigenvalue weighted by Gasteiger charge is -2.32. The molecule has 1 aliphatic rings. The van der Waals surface area contributed by atoms with Crippen molar-refractivity contribution in [2.45, 2.75) is 43.4 Å². The predicted octanol–water partition coefficient (Wildman–Crippen LogP) is 4.15. The van der Waals surface area contributed by atoms with E-state index in [1.54, 1.807) is 32.0 Å². The number of hydrogen-bond donors (Lipinski definition) is 2. The quantitative estimate of drug-likeness (QED) is 0.763. The summed E-state index contributed by atoms with van der Waals surface area (Å²) in [6.45, 7) is 4.08. The van der Waals surface area contributed by atoms with Crippen molar-refractivity contribution in [2.75, 3.05) is 11.9 Å². The number of hydrogen-bond acceptors (Lipinski definition) is 4. The molecule has 4 nitrogen and oxygen atoms in total. The molecule has 23 heavy (non-hydrogen) atoms. The van der Waals surface area contributed by atoms with Gasteiger partial charge in [0.05, 0.1) is 16.0 Å². The fourth-order valence-corrected chi connectivity index (χ4v) is 4.27. The van der Waals surface area contributed by atoms with E-state index in [-0.39, 0.29) is 36.1 Å². The summed E-state index contributed by atoms with van der Waals surface area (Å²) in [5, 5.41) is 6.69. The molecule has 0 bridgehead atoms. The van der Waals surface area contributed by atoms with Gasteiger partial charge in [0, 0.05) is 11.1 Å². The summed E-state index contributed by atoms with van der Waals surface area (Å²) in [5.74, 6) is 0. The molecule has 0 spiro atoms. The molecule has 9 heteroatoms. The lowest BCUT2D eigenvalue weighted by atomic mass is 10.1. The molecule has 1 heterocycles. The number of benzene rings is 1. The molecule has 2 N–H and O–H groups in total. The largest absolute Gasteiger partial charge is 0.381 e. The minimum atomic E-state index is -3.15. The number of sulfone groups is 1. The van der Waals surface area contributed by atoms with Gasteiger partial charge in [-0.15, -0.1) is 24.8 Å². The molecule has 0 radical (unpaired) electrons. The van der Waals surface area contributed by atoms with Gasteiger partial charge in [0.15, 0.2) is 9.84 Å². The molecule has 2 atom stereocenters. The molecule has 2 rings (SSSR count). The molecular weight excluding hydrogens is 402 g/mol. The highest BCUT2D eigenvalue weighted by Crippen LogP contribution is 2.28. The van der Waals surface area contributed by atoms with Crippen LogP contribution >= 0.6 is 48.0 Å². The topological polar surface area (TPSA) is 58.2 Å². The molecule has 2 unspecified atom stereocenters. The van der Waals surface area contributed by atoms with Crippen molar-refractivity contribution < 1.29 is 8.42 Å². The number of anilines is 1. The van der Waals surface area contributed by atoms with Crippen LogP contribution in [-0.2, 0) is 9.84 Å². The van der Waals surface area contributed by atoms with Crippen molar-refractivity contribution >= 4 is 63.5 Å². The van der Waals surface area contributed by atoms with Crippen LogP contribution in [0.2, 0.25) is 10.0 Å². The van der Waals surface area contributed by atoms with Crippen molar-refractivity contribution in [2.24, 2.45) is 0 Å². The van der Waals surface area contributed by atoms with E-state index >= 15 is 0 Å². The first kappa shape index (κ1) is 23.1. The van der Waals surface area contributed by atoms with Crippen molar-refractivity contribution in [1.29, 1.82) is 0 Å². The maximum absolute atomic E-state index is 12.3. The molecule has 134 valence electrons. The van der Waals surface area contributed by atoms with Gasteiger partial charge in [-0.2, -0.15) is 0 Å². The van der Waals surface area contributed by atoms with Gasteiger partial charge in [-0.1, -0.05) is 23.2 Å². The lowest BCUT2D eigenvalue weighted by molar-refractivity contribution is 0.429. The van der Waals surface area contributed by atoms with Crippen LogP contribution in [0, 0.1) is 0 Å². The highest BCUT2D eigenvalue weighted by atomic mass is 35.5. The zero-order valence-electron chi connectivity index (χ0n) is 12.9. The summed E-state index contributed by atoms with van der Waals surface area (Å²) in [5.41, 5.74) is 0.747. The third-order valence-corrected chi connectivity index (χ3v) is 6.74. The molecular formula is C14H22Cl4N2O2S. The second kappa shape index (κ2) is 9.54. The van der Waals surface area contributed by atoms with E-state index in [1.165, 1.54) is 0 Å². The number of piperidine rings is 1. The Bertz CT molecular complexity index is 611. The van der Waals surface area contributed by atoms with E-state index in [9.17, 15) is 8.42 Å². The Hall–Kier alpha value is 0.0900. The molecule has 0 saturated carbocycles. The van der Waals surface area contributed by atoms with Gasteiger partial charge in [0.2, 0.25) is 0 Å². The molecule has 0 aliphatic carbocycles. The van der Waals surface area contributed by atoms with E-state index in [1.807, 2.05) is 0 Å². The minimum absolute atomic E-state index is 0. The molecule has 1 aliphatic heterocycles. The average Bonchev–Trinajstić information content (AvgIpc) is 2.43. The predicted molar refractivity (Wildman–Crippen MR) is 103 cm³/mol. The van der Waals surface area contributed by atoms with Gasteiger partial charge in [-0.05, 0) is 51.4 Å². The fraction of sp³-hybridized carbons (Fsp3) is 0.571. The minimum Gasteiger partial charge on any atom is -0.381 e. The lowest BCUT2D eigenvalue weighted by Crippen LogP contribution is -2.49. The summed E-state index contributed by atoms with van der Waals surface area (Å²) < 4.78 is 24.5. The van der Waals surface area contributed by atoms with Crippen LogP contribution in [0.1, 0.15) is 26.7 Å². The van der Waals surface area contributed by atoms with Gasteiger partial charge >= 0.3 is 0 Å². The normalized spacial score (nSPS) is 21.3. The van der Waals surface area contributed by atoms with E-state index in [0.717, 1.165) is 12.1 Å². The maximum Gasteiger partial charge on any atom is 0.168 e. The Balaban J connectivity index is 0.00000242. The monoisotopic (exact) mass is 422 g/mol. The Morgan fingerprint density at radius 2 is 1.91 bits per heavy atom. The Kier molecular flexibility index (Phi) is 9.58. The molecule has 1 fully saturated rings. The molecule has 0 amide bonds. The SMILES string of the molecule is CC(C)S(=O)(=O)C1CC(Nc2cc(Cl)ccc2Cl)CCN1.Cl.Cl. The number of halogens is 4. The van der Waals surface area contributed by atoms with Crippen LogP contribution in [0.5, 0.6) is 0 Å². The van der Waals surface area contributed by atoms with Gasteiger partial charge in [0.25, 0.3) is 0 Å². The van der Waals surface area contributed by atoms with E-state index < -0.39 is 15.2 Å². The maximum atomic E-state index is 12.3. The van der Waals surface area contributed by atoms with E-state index in [2.05, 4.69) is 10.6 Å². The van der Waals surface area contributed by atoms with Crippen LogP contribution in [-0.4, -0.2) is 31.6 Å². The Morgan fingerprint density at radius 3 is 2.52 bits per heavy atom.